The van der Waals surface area contributed by atoms with Crippen LogP contribution < -0.4 is 5.32 Å². The first-order valence-corrected chi connectivity index (χ1v) is 6.83. The molecule has 1 unspecified atom stereocenters. The zero-order chi connectivity index (χ0) is 12.8. The number of halogens is 2. The van der Waals surface area contributed by atoms with Gasteiger partial charge in [0.05, 0.1) is 4.47 Å². The summed E-state index contributed by atoms with van der Waals surface area (Å²) in [7, 11) is 2.12. The molecule has 0 saturated heterocycles. The van der Waals surface area contributed by atoms with E-state index in [0.29, 0.717) is 15.7 Å². The molecule has 1 aromatic heterocycles. The van der Waals surface area contributed by atoms with Gasteiger partial charge in [0.25, 0.3) is 0 Å². The van der Waals surface area contributed by atoms with Crippen molar-refractivity contribution in [3.63, 3.8) is 0 Å². The summed E-state index contributed by atoms with van der Waals surface area (Å²) >= 11 is 9.24. The van der Waals surface area contributed by atoms with Crippen LogP contribution in [-0.4, -0.2) is 41.0 Å². The molecule has 0 aliphatic carbocycles. The van der Waals surface area contributed by atoms with Crippen molar-refractivity contribution >= 4 is 33.3 Å². The minimum atomic E-state index is 0.429. The summed E-state index contributed by atoms with van der Waals surface area (Å²) in [5.74, 6) is 0.738. The zero-order valence-electron chi connectivity index (χ0n) is 10.4. The van der Waals surface area contributed by atoms with Crippen molar-refractivity contribution in [3.05, 3.63) is 16.0 Å². The van der Waals surface area contributed by atoms with Crippen LogP contribution in [0.4, 0.5) is 5.82 Å². The maximum absolute atomic E-state index is 5.88. The minimum absolute atomic E-state index is 0.429. The maximum atomic E-state index is 5.88. The van der Waals surface area contributed by atoms with Gasteiger partial charge in [0, 0.05) is 19.1 Å². The summed E-state index contributed by atoms with van der Waals surface area (Å²) in [6.07, 6.45) is 2.60. The standard InChI is InChI=1S/C11H18BrClN4/c1-4-8(2)17(3)6-5-14-11-9(12)10(13)15-7-16-11/h7-8H,4-6H2,1-3H3,(H,14,15,16). The number of aromatic nitrogens is 2. The molecule has 0 fully saturated rings. The van der Waals surface area contributed by atoms with Crippen molar-refractivity contribution < 1.29 is 0 Å². The van der Waals surface area contributed by atoms with Crippen LogP contribution in [0.3, 0.4) is 0 Å². The van der Waals surface area contributed by atoms with Crippen molar-refractivity contribution in [2.45, 2.75) is 26.3 Å². The normalized spacial score (nSPS) is 12.8. The van der Waals surface area contributed by atoms with Crippen molar-refractivity contribution in [1.29, 1.82) is 0 Å². The van der Waals surface area contributed by atoms with Gasteiger partial charge in [-0.25, -0.2) is 9.97 Å². The van der Waals surface area contributed by atoms with E-state index >= 15 is 0 Å². The first-order valence-electron chi connectivity index (χ1n) is 5.66. The highest BCUT2D eigenvalue weighted by Crippen LogP contribution is 2.25. The van der Waals surface area contributed by atoms with Crippen molar-refractivity contribution in [1.82, 2.24) is 14.9 Å². The number of nitrogens with zero attached hydrogens (tertiary/aromatic N) is 3. The first kappa shape index (κ1) is 14.7. The van der Waals surface area contributed by atoms with Gasteiger partial charge < -0.3 is 10.2 Å². The summed E-state index contributed by atoms with van der Waals surface area (Å²) < 4.78 is 0.716. The molecule has 0 aromatic carbocycles. The molecule has 1 N–H and O–H groups in total. The summed E-state index contributed by atoms with van der Waals surface area (Å²) in [4.78, 5) is 10.3. The van der Waals surface area contributed by atoms with E-state index in [1.165, 1.54) is 6.33 Å². The summed E-state index contributed by atoms with van der Waals surface area (Å²) in [5.41, 5.74) is 0. The van der Waals surface area contributed by atoms with Crippen molar-refractivity contribution in [2.24, 2.45) is 0 Å². The quantitative estimate of drug-likeness (QED) is 0.818. The van der Waals surface area contributed by atoms with E-state index in [9.17, 15) is 0 Å². The van der Waals surface area contributed by atoms with Gasteiger partial charge in [-0.3, -0.25) is 0 Å². The smallest absolute Gasteiger partial charge is 0.148 e. The molecule has 4 nitrogen and oxygen atoms in total. The third kappa shape index (κ3) is 4.41. The number of nitrogens with one attached hydrogen (secondary N) is 1. The predicted octanol–water partition coefficient (Wildman–Crippen LogP) is 3.03. The van der Waals surface area contributed by atoms with Crippen LogP contribution >= 0.6 is 27.5 Å². The Hall–Kier alpha value is -0.390. The van der Waals surface area contributed by atoms with Gasteiger partial charge in [-0.05, 0) is 36.3 Å². The maximum Gasteiger partial charge on any atom is 0.148 e. The molecule has 1 atom stereocenters. The van der Waals surface area contributed by atoms with Gasteiger partial charge in [0.2, 0.25) is 0 Å². The van der Waals surface area contributed by atoms with Gasteiger partial charge in [-0.1, -0.05) is 18.5 Å². The highest BCUT2D eigenvalue weighted by atomic mass is 79.9. The fourth-order valence-electron chi connectivity index (χ4n) is 1.35. The Bertz CT molecular complexity index is 361. The number of hydrogen-bond acceptors (Lipinski definition) is 4. The van der Waals surface area contributed by atoms with Gasteiger partial charge >= 0.3 is 0 Å². The number of rotatable bonds is 6. The van der Waals surface area contributed by atoms with Gasteiger partial charge in [0.15, 0.2) is 0 Å². The monoisotopic (exact) mass is 320 g/mol. The molecular formula is C11H18BrClN4. The Balaban J connectivity index is 2.43. The molecular weight excluding hydrogens is 304 g/mol. The number of likely N-dealkylation sites (N-methyl/N-ethyl adjacent to an activating group) is 1. The molecule has 0 aliphatic rings. The molecule has 0 amide bonds. The largest absolute Gasteiger partial charge is 0.368 e. The molecule has 0 aliphatic heterocycles. The fourth-order valence-corrected chi connectivity index (χ4v) is 1.83. The van der Waals surface area contributed by atoms with Crippen LogP contribution in [0.1, 0.15) is 20.3 Å². The lowest BCUT2D eigenvalue weighted by Crippen LogP contribution is -2.32. The van der Waals surface area contributed by atoms with E-state index in [1.54, 1.807) is 0 Å². The Morgan fingerprint density at radius 2 is 2.24 bits per heavy atom. The second-order valence-corrected chi connectivity index (χ2v) is 5.14. The Morgan fingerprint density at radius 1 is 1.53 bits per heavy atom. The number of anilines is 1. The summed E-state index contributed by atoms with van der Waals surface area (Å²) in [6.45, 7) is 6.20. The second-order valence-electron chi connectivity index (χ2n) is 3.99. The lowest BCUT2D eigenvalue weighted by atomic mass is 10.2. The minimum Gasteiger partial charge on any atom is -0.368 e. The van der Waals surface area contributed by atoms with E-state index in [2.05, 4.69) is 57.0 Å². The second kappa shape index (κ2) is 7.13. The average Bonchev–Trinajstić information content (AvgIpc) is 2.33. The summed E-state index contributed by atoms with van der Waals surface area (Å²) in [5, 5.41) is 3.67. The Morgan fingerprint density at radius 3 is 2.88 bits per heavy atom. The SMILES string of the molecule is CCC(C)N(C)CCNc1ncnc(Cl)c1Br. The zero-order valence-corrected chi connectivity index (χ0v) is 12.7. The fraction of sp³-hybridized carbons (Fsp3) is 0.636. The Kier molecular flexibility index (Phi) is 6.16. The van der Waals surface area contributed by atoms with Gasteiger partial charge in [-0.2, -0.15) is 0 Å². The molecule has 1 rings (SSSR count). The lowest BCUT2D eigenvalue weighted by molar-refractivity contribution is 0.261. The predicted molar refractivity (Wildman–Crippen MR) is 75.6 cm³/mol. The molecule has 17 heavy (non-hydrogen) atoms. The third-order valence-corrected chi connectivity index (χ3v) is 4.11. The van der Waals surface area contributed by atoms with E-state index in [1.807, 2.05) is 0 Å². The van der Waals surface area contributed by atoms with Crippen LogP contribution in [0.25, 0.3) is 0 Å². The molecule has 0 radical (unpaired) electrons. The molecule has 6 heteroatoms. The highest BCUT2D eigenvalue weighted by molar-refractivity contribution is 9.10. The molecule has 0 bridgehead atoms. The highest BCUT2D eigenvalue weighted by Gasteiger charge is 2.08. The van der Waals surface area contributed by atoms with E-state index in [4.69, 9.17) is 11.6 Å². The molecule has 96 valence electrons. The third-order valence-electron chi connectivity index (χ3n) is 2.85. The molecule has 0 saturated carbocycles. The van der Waals surface area contributed by atoms with E-state index in [-0.39, 0.29) is 0 Å². The summed E-state index contributed by atoms with van der Waals surface area (Å²) in [6, 6.07) is 0.592. The topological polar surface area (TPSA) is 41.0 Å². The van der Waals surface area contributed by atoms with Gasteiger partial charge in [0.1, 0.15) is 17.3 Å². The van der Waals surface area contributed by atoms with E-state index < -0.39 is 0 Å². The Labute approximate surface area is 116 Å². The van der Waals surface area contributed by atoms with Crippen molar-refractivity contribution in [2.75, 3.05) is 25.5 Å². The average molecular weight is 322 g/mol. The van der Waals surface area contributed by atoms with Gasteiger partial charge in [-0.15, -0.1) is 0 Å². The van der Waals surface area contributed by atoms with Crippen LogP contribution in [-0.2, 0) is 0 Å². The lowest BCUT2D eigenvalue weighted by Gasteiger charge is -2.23. The number of hydrogen-bond donors (Lipinski definition) is 1. The first-order chi connectivity index (χ1) is 8.06. The molecule has 0 spiro atoms. The van der Waals surface area contributed by atoms with E-state index in [0.717, 1.165) is 25.3 Å². The van der Waals surface area contributed by atoms with Crippen LogP contribution in [0.5, 0.6) is 0 Å². The van der Waals surface area contributed by atoms with Crippen LogP contribution in [0.2, 0.25) is 5.15 Å². The van der Waals surface area contributed by atoms with Crippen LogP contribution in [0, 0.1) is 0 Å². The van der Waals surface area contributed by atoms with Crippen LogP contribution in [0.15, 0.2) is 10.8 Å². The van der Waals surface area contributed by atoms with Crippen molar-refractivity contribution in [3.8, 4) is 0 Å². The molecule has 1 aromatic rings. The molecule has 1 heterocycles.